The molecule has 0 radical (unpaired) electrons. The molecule has 0 atom stereocenters. The zero-order valence-electron chi connectivity index (χ0n) is 77.9. The molecule has 3 heteroatoms. The molecule has 0 aliphatic rings. The molecule has 0 saturated carbocycles. The fourth-order valence-electron chi connectivity index (χ4n) is 23.4. The highest BCUT2D eigenvalue weighted by Gasteiger charge is 2.29. The summed E-state index contributed by atoms with van der Waals surface area (Å²) in [7, 11) is 0. The third kappa shape index (κ3) is 13.6. The zero-order valence-corrected chi connectivity index (χ0v) is 77.9. The highest BCUT2D eigenvalue weighted by Crippen LogP contribution is 2.56. The van der Waals surface area contributed by atoms with E-state index >= 15 is 0 Å². The van der Waals surface area contributed by atoms with Crippen molar-refractivity contribution in [2.75, 3.05) is 0 Å². The first kappa shape index (κ1) is 82.5. The Morgan fingerprint density at radius 3 is 0.923 bits per heavy atom. The monoisotopic (exact) mass is 1810 g/mol. The number of furan rings is 3. The minimum atomic E-state index is 0.905. The van der Waals surface area contributed by atoms with E-state index in [0.717, 1.165) is 82.5 Å². The first-order valence-corrected chi connectivity index (χ1v) is 49.2. The molecule has 3 aromatic heterocycles. The lowest BCUT2D eigenvalue weighted by Crippen LogP contribution is -1.93. The Bertz CT molecular complexity index is 10400. The van der Waals surface area contributed by atoms with Crippen LogP contribution in [0.25, 0.3) is 296 Å². The minimum Gasteiger partial charge on any atom is -0.455 e. The van der Waals surface area contributed by atoms with Gasteiger partial charge in [-0.3, -0.25) is 0 Å². The third-order valence-corrected chi connectivity index (χ3v) is 29.8. The normalized spacial score (nSPS) is 11.8. The fraction of sp³-hybridized carbons (Fsp3) is 0. The quantitative estimate of drug-likeness (QED) is 0.101. The van der Waals surface area contributed by atoms with Crippen LogP contribution in [0.3, 0.4) is 0 Å². The van der Waals surface area contributed by atoms with Crippen LogP contribution >= 0.6 is 0 Å². The Kier molecular flexibility index (Phi) is 19.7. The first-order chi connectivity index (χ1) is 71.0. The molecular weight excluding hydrogens is 1730 g/mol. The van der Waals surface area contributed by atoms with E-state index in [-0.39, 0.29) is 0 Å². The van der Waals surface area contributed by atoms with Gasteiger partial charge in [0.25, 0.3) is 0 Å². The summed E-state index contributed by atoms with van der Waals surface area (Å²) in [4.78, 5) is 0. The van der Waals surface area contributed by atoms with Crippen LogP contribution in [0.15, 0.2) is 535 Å². The number of benzene rings is 27. The average Bonchev–Trinajstić information content (AvgIpc) is 1.71. The molecule has 3 heterocycles. The summed E-state index contributed by atoms with van der Waals surface area (Å²) in [5.74, 6) is 0. The number of fused-ring (bicyclic) bond motifs is 21. The SMILES string of the molecule is c1ccc(-c2ccc(-c3c4ccccc4c(-c4cccc5c4oc4ccccc45)c4cc(-c5ccc6ccccc6c5)ccc34)c3ccccc23)cc1.c1ccc(-c2ccc3c(-c4cc5ccccc5c5ccccc45)c4ccccc4c(-c4cccc5c4oc4ccccc45)c3c2)cc1.c1ccc(-c2ccccc2-c2c3ccccc3c(-c3c4ccccc4cc4c3oc3ccccc34)c3ccccc23)cc1. The van der Waals surface area contributed by atoms with Crippen molar-refractivity contribution in [1.82, 2.24) is 0 Å². The second-order valence-corrected chi connectivity index (χ2v) is 37.6. The van der Waals surface area contributed by atoms with Crippen molar-refractivity contribution >= 4 is 184 Å². The van der Waals surface area contributed by atoms with Crippen molar-refractivity contribution in [1.29, 1.82) is 0 Å². The molecule has 30 aromatic rings. The molecule has 0 amide bonds. The van der Waals surface area contributed by atoms with Crippen LogP contribution in [-0.4, -0.2) is 0 Å². The Morgan fingerprint density at radius 1 is 0.0979 bits per heavy atom. The lowest BCUT2D eigenvalue weighted by atomic mass is 9.82. The Balaban J connectivity index is 0.000000105. The van der Waals surface area contributed by atoms with E-state index in [9.17, 15) is 0 Å². The van der Waals surface area contributed by atoms with Crippen molar-refractivity contribution in [3.63, 3.8) is 0 Å². The van der Waals surface area contributed by atoms with Gasteiger partial charge in [0.2, 0.25) is 0 Å². The predicted octanol–water partition coefficient (Wildman–Crippen LogP) is 40.1. The van der Waals surface area contributed by atoms with Gasteiger partial charge in [-0.1, -0.05) is 473 Å². The highest BCUT2D eigenvalue weighted by molar-refractivity contribution is 6.33. The van der Waals surface area contributed by atoms with E-state index in [2.05, 4.69) is 504 Å². The molecule has 143 heavy (non-hydrogen) atoms. The van der Waals surface area contributed by atoms with Crippen molar-refractivity contribution in [2.45, 2.75) is 0 Å². The largest absolute Gasteiger partial charge is 0.455 e. The smallest absolute Gasteiger partial charge is 0.143 e. The van der Waals surface area contributed by atoms with Crippen molar-refractivity contribution in [3.8, 4) is 111 Å². The van der Waals surface area contributed by atoms with Crippen molar-refractivity contribution < 1.29 is 13.3 Å². The topological polar surface area (TPSA) is 39.4 Å². The maximum absolute atomic E-state index is 6.74. The van der Waals surface area contributed by atoms with Gasteiger partial charge in [-0.15, -0.1) is 0 Å². The van der Waals surface area contributed by atoms with Gasteiger partial charge in [0.15, 0.2) is 0 Å². The van der Waals surface area contributed by atoms with Crippen LogP contribution in [-0.2, 0) is 0 Å². The van der Waals surface area contributed by atoms with Crippen LogP contribution in [0.4, 0.5) is 0 Å². The summed E-state index contributed by atoms with van der Waals surface area (Å²) >= 11 is 0. The average molecular weight is 1820 g/mol. The Labute approximate surface area is 824 Å². The minimum absolute atomic E-state index is 0.905. The highest BCUT2D eigenvalue weighted by atomic mass is 16.3. The van der Waals surface area contributed by atoms with E-state index < -0.39 is 0 Å². The lowest BCUT2D eigenvalue weighted by molar-refractivity contribution is 0.669. The van der Waals surface area contributed by atoms with Gasteiger partial charge < -0.3 is 13.3 Å². The summed E-state index contributed by atoms with van der Waals surface area (Å²) in [6.07, 6.45) is 0. The van der Waals surface area contributed by atoms with Gasteiger partial charge >= 0.3 is 0 Å². The molecule has 0 bridgehead atoms. The van der Waals surface area contributed by atoms with Gasteiger partial charge in [0.05, 0.1) is 0 Å². The number of hydrogen-bond acceptors (Lipinski definition) is 3. The molecule has 0 unspecified atom stereocenters. The van der Waals surface area contributed by atoms with Gasteiger partial charge in [0.1, 0.15) is 33.5 Å². The summed E-state index contributed by atoms with van der Waals surface area (Å²) < 4.78 is 20.1. The summed E-state index contributed by atoms with van der Waals surface area (Å²) in [6.45, 7) is 0. The van der Waals surface area contributed by atoms with E-state index in [4.69, 9.17) is 13.3 Å². The number of para-hydroxylation sites is 5. The second kappa shape index (κ2) is 34.1. The van der Waals surface area contributed by atoms with E-state index in [1.165, 1.54) is 213 Å². The summed E-state index contributed by atoms with van der Waals surface area (Å²) in [5.41, 5.74) is 29.7. The van der Waals surface area contributed by atoms with Gasteiger partial charge in [-0.05, 0) is 245 Å². The molecule has 0 N–H and O–H groups in total. The van der Waals surface area contributed by atoms with Crippen LogP contribution in [0, 0.1) is 0 Å². The molecule has 0 aliphatic heterocycles. The number of hydrogen-bond donors (Lipinski definition) is 0. The van der Waals surface area contributed by atoms with E-state index in [0.29, 0.717) is 0 Å². The zero-order chi connectivity index (χ0) is 94.1. The van der Waals surface area contributed by atoms with Gasteiger partial charge in [-0.25, -0.2) is 0 Å². The van der Waals surface area contributed by atoms with Crippen LogP contribution in [0.1, 0.15) is 0 Å². The maximum atomic E-state index is 6.74. The molecule has 664 valence electrons. The molecule has 0 fully saturated rings. The van der Waals surface area contributed by atoms with Crippen LogP contribution in [0.5, 0.6) is 0 Å². The third-order valence-electron chi connectivity index (χ3n) is 29.8. The number of rotatable bonds is 10. The molecule has 0 spiro atoms. The molecule has 0 aliphatic carbocycles. The standard InChI is InChI=1S/C52H32O.C46H28O.C42H26O/c1-2-14-34(15-3-1)38-29-30-44(40-18-7-6-17-39(38)40)50-42-20-8-9-21-43(42)51(47-23-12-22-46-41-19-10-11-24-49(41)53-52(46)47)48-32-37(27-28-45(48)50)36-26-25-33-13-4-5-16-35(33)31-36;1-2-13-29(14-3-1)30-25-26-38-42(27-30)45(40-23-12-22-39-35-19-10-11-24-43(35)47-46(39)40)37-21-9-8-20-36(37)44(38)41-28-31-15-4-5-16-32(31)33-17-6-7-18-34(33)41;1-2-14-27(15-3-1)29-17-6-7-20-32(29)39-33-21-8-10-23-35(33)40(36-24-11-9-22-34(36)39)41-30-18-5-4-16-28(30)26-37-31-19-12-13-25-38(31)43-42(37)41/h1-32H;1-28H;1-26H. The summed E-state index contributed by atoms with van der Waals surface area (Å²) in [6, 6.07) is 189. The fourth-order valence-corrected chi connectivity index (χ4v) is 23.4. The van der Waals surface area contributed by atoms with Crippen LogP contribution < -0.4 is 0 Å². The Morgan fingerprint density at radius 2 is 0.406 bits per heavy atom. The Hall–Kier alpha value is -18.8. The molecule has 27 aromatic carbocycles. The molecule has 0 saturated heterocycles. The lowest BCUT2D eigenvalue weighted by Gasteiger charge is -2.20. The van der Waals surface area contributed by atoms with E-state index in [1.807, 2.05) is 18.2 Å². The van der Waals surface area contributed by atoms with Crippen LogP contribution in [0.2, 0.25) is 0 Å². The molecule has 3 nitrogen and oxygen atoms in total. The van der Waals surface area contributed by atoms with E-state index in [1.54, 1.807) is 0 Å². The van der Waals surface area contributed by atoms with Gasteiger partial charge in [-0.2, -0.15) is 0 Å². The second-order valence-electron chi connectivity index (χ2n) is 37.6. The van der Waals surface area contributed by atoms with Gasteiger partial charge in [0, 0.05) is 65.7 Å². The molecular formula is C140H86O3. The molecule has 30 rings (SSSR count). The predicted molar refractivity (Wildman–Crippen MR) is 608 cm³/mol. The summed E-state index contributed by atoms with van der Waals surface area (Å²) in [5, 5.41) is 33.9. The maximum Gasteiger partial charge on any atom is 0.143 e. The first-order valence-electron chi connectivity index (χ1n) is 49.2. The van der Waals surface area contributed by atoms with Crippen molar-refractivity contribution in [2.24, 2.45) is 0 Å². The van der Waals surface area contributed by atoms with Crippen molar-refractivity contribution in [3.05, 3.63) is 522 Å².